The van der Waals surface area contributed by atoms with Gasteiger partial charge in [0.1, 0.15) is 17.3 Å². The van der Waals surface area contributed by atoms with Crippen molar-refractivity contribution < 1.29 is 17.9 Å². The Morgan fingerprint density at radius 2 is 1.59 bits per heavy atom. The smallest absolute Gasteiger partial charge is 0.417 e. The van der Waals surface area contributed by atoms with Crippen LogP contribution in [0.1, 0.15) is 19.4 Å². The van der Waals surface area contributed by atoms with Gasteiger partial charge in [-0.2, -0.15) is 13.2 Å². The second kappa shape index (κ2) is 7.64. The van der Waals surface area contributed by atoms with Gasteiger partial charge in [0.15, 0.2) is 0 Å². The zero-order valence-corrected chi connectivity index (χ0v) is 15.6. The van der Waals surface area contributed by atoms with Crippen LogP contribution in [0.5, 0.6) is 11.5 Å². The minimum atomic E-state index is -4.50. The van der Waals surface area contributed by atoms with E-state index in [0.717, 1.165) is 6.07 Å². The molecule has 0 fully saturated rings. The number of benzene rings is 2. The molecular weight excluding hydrogens is 377 g/mol. The summed E-state index contributed by atoms with van der Waals surface area (Å²) in [5.41, 5.74) is -0.453. The van der Waals surface area contributed by atoms with Gasteiger partial charge < -0.3 is 9.64 Å². The van der Waals surface area contributed by atoms with Gasteiger partial charge in [0.25, 0.3) is 0 Å². The highest BCUT2D eigenvalue weighted by atomic mass is 35.5. The van der Waals surface area contributed by atoms with Gasteiger partial charge >= 0.3 is 6.18 Å². The third kappa shape index (κ3) is 4.27. The number of alkyl halides is 3. The summed E-state index contributed by atoms with van der Waals surface area (Å²) < 4.78 is 46.7. The average Bonchev–Trinajstić information content (AvgIpc) is 2.63. The highest BCUT2D eigenvalue weighted by molar-refractivity contribution is 6.30. The van der Waals surface area contributed by atoms with Crippen LogP contribution in [0.25, 0.3) is 10.9 Å². The van der Waals surface area contributed by atoms with Crippen molar-refractivity contribution in [3.8, 4) is 11.5 Å². The third-order valence-corrected chi connectivity index (χ3v) is 4.46. The topological polar surface area (TPSA) is 25.4 Å². The fourth-order valence-corrected chi connectivity index (χ4v) is 2.96. The molecule has 142 valence electrons. The Bertz CT molecular complexity index is 938. The van der Waals surface area contributed by atoms with Crippen LogP contribution in [0, 0.1) is 0 Å². The van der Waals surface area contributed by atoms with E-state index >= 15 is 0 Å². The summed E-state index contributed by atoms with van der Waals surface area (Å²) in [6.07, 6.45) is -4.50. The summed E-state index contributed by atoms with van der Waals surface area (Å²) in [5, 5.41) is 0.554. The molecule has 0 saturated carbocycles. The number of rotatable bonds is 5. The highest BCUT2D eigenvalue weighted by Gasteiger charge is 2.34. The van der Waals surface area contributed by atoms with Crippen LogP contribution in [0.15, 0.2) is 48.5 Å². The molecule has 0 atom stereocenters. The van der Waals surface area contributed by atoms with Gasteiger partial charge in [-0.25, -0.2) is 4.98 Å². The first-order valence-corrected chi connectivity index (χ1v) is 8.90. The van der Waals surface area contributed by atoms with E-state index in [-0.39, 0.29) is 10.9 Å². The number of nitrogens with zero attached hydrogens (tertiary/aromatic N) is 2. The average molecular weight is 395 g/mol. The van der Waals surface area contributed by atoms with Crippen LogP contribution < -0.4 is 9.64 Å². The van der Waals surface area contributed by atoms with E-state index in [2.05, 4.69) is 4.98 Å². The zero-order valence-electron chi connectivity index (χ0n) is 14.8. The molecule has 0 radical (unpaired) electrons. The third-order valence-electron chi connectivity index (χ3n) is 4.21. The molecule has 0 amide bonds. The van der Waals surface area contributed by atoms with E-state index < -0.39 is 11.7 Å². The first-order chi connectivity index (χ1) is 12.8. The van der Waals surface area contributed by atoms with E-state index in [0.29, 0.717) is 35.4 Å². The normalized spacial score (nSPS) is 11.6. The summed E-state index contributed by atoms with van der Waals surface area (Å²) >= 11 is 5.84. The lowest BCUT2D eigenvalue weighted by molar-refractivity contribution is -0.136. The lowest BCUT2D eigenvalue weighted by Crippen LogP contribution is -2.23. The SMILES string of the molecule is CCN(CC)c1cc(C(F)(F)F)c2cc(Oc3ccc(Cl)cc3)ccc2n1. The molecule has 1 heterocycles. The quantitative estimate of drug-likeness (QED) is 0.491. The largest absolute Gasteiger partial charge is 0.457 e. The number of anilines is 1. The van der Waals surface area contributed by atoms with E-state index in [1.54, 1.807) is 41.3 Å². The van der Waals surface area contributed by atoms with Crippen LogP contribution in [-0.4, -0.2) is 18.1 Å². The second-order valence-corrected chi connectivity index (χ2v) is 6.37. The predicted octanol–water partition coefficient (Wildman–Crippen LogP) is 6.55. The molecule has 3 rings (SSSR count). The Morgan fingerprint density at radius 3 is 2.19 bits per heavy atom. The summed E-state index contributed by atoms with van der Waals surface area (Å²) in [6.45, 7) is 4.91. The number of ether oxygens (including phenoxy) is 1. The predicted molar refractivity (Wildman–Crippen MR) is 102 cm³/mol. The van der Waals surface area contributed by atoms with Gasteiger partial charge in [-0.05, 0) is 62.4 Å². The van der Waals surface area contributed by atoms with Crippen molar-refractivity contribution in [2.75, 3.05) is 18.0 Å². The standard InChI is InChI=1S/C20H18ClF3N2O/c1-3-26(4-2)19-12-17(20(22,23)24)16-11-15(9-10-18(16)25-19)27-14-7-5-13(21)6-8-14/h5-12H,3-4H2,1-2H3. The monoisotopic (exact) mass is 394 g/mol. The van der Waals surface area contributed by atoms with Gasteiger partial charge in [-0.1, -0.05) is 11.6 Å². The zero-order chi connectivity index (χ0) is 19.6. The first kappa shape index (κ1) is 19.3. The lowest BCUT2D eigenvalue weighted by atomic mass is 10.1. The molecule has 1 aromatic heterocycles. The lowest BCUT2D eigenvalue weighted by Gasteiger charge is -2.22. The molecule has 27 heavy (non-hydrogen) atoms. The van der Waals surface area contributed by atoms with Gasteiger partial charge in [-0.3, -0.25) is 0 Å². The molecule has 3 nitrogen and oxygen atoms in total. The maximum atomic E-state index is 13.7. The Labute approximate surface area is 160 Å². The maximum absolute atomic E-state index is 13.7. The van der Waals surface area contributed by atoms with Crippen molar-refractivity contribution in [1.82, 2.24) is 4.98 Å². The maximum Gasteiger partial charge on any atom is 0.417 e. The number of aromatic nitrogens is 1. The molecule has 0 N–H and O–H groups in total. The Morgan fingerprint density at radius 1 is 0.963 bits per heavy atom. The van der Waals surface area contributed by atoms with Crippen LogP contribution in [0.2, 0.25) is 5.02 Å². The van der Waals surface area contributed by atoms with Crippen LogP contribution in [0.4, 0.5) is 19.0 Å². The molecule has 0 aliphatic carbocycles. The summed E-state index contributed by atoms with van der Waals surface area (Å²) in [7, 11) is 0. The Balaban J connectivity index is 2.08. The van der Waals surface area contributed by atoms with E-state index in [4.69, 9.17) is 16.3 Å². The van der Waals surface area contributed by atoms with Crippen molar-refractivity contribution in [2.24, 2.45) is 0 Å². The summed E-state index contributed by atoms with van der Waals surface area (Å²) in [6, 6.07) is 12.2. The minimum Gasteiger partial charge on any atom is -0.457 e. The van der Waals surface area contributed by atoms with E-state index in [1.165, 1.54) is 6.07 Å². The molecule has 3 aromatic rings. The first-order valence-electron chi connectivity index (χ1n) is 8.52. The molecule has 0 unspecified atom stereocenters. The molecule has 0 spiro atoms. The van der Waals surface area contributed by atoms with Crippen molar-refractivity contribution in [3.05, 3.63) is 59.1 Å². The minimum absolute atomic E-state index is 0.00451. The molecule has 2 aromatic carbocycles. The van der Waals surface area contributed by atoms with Crippen LogP contribution in [0.3, 0.4) is 0 Å². The van der Waals surface area contributed by atoms with Gasteiger partial charge in [0.2, 0.25) is 0 Å². The van der Waals surface area contributed by atoms with E-state index in [1.807, 2.05) is 13.8 Å². The Kier molecular flexibility index (Phi) is 5.46. The molecule has 0 aliphatic rings. The summed E-state index contributed by atoms with van der Waals surface area (Å²) in [5.74, 6) is 1.10. The fourth-order valence-electron chi connectivity index (χ4n) is 2.84. The number of pyridine rings is 1. The van der Waals surface area contributed by atoms with Crippen LogP contribution >= 0.6 is 11.6 Å². The highest BCUT2D eigenvalue weighted by Crippen LogP contribution is 2.38. The van der Waals surface area contributed by atoms with Gasteiger partial charge in [0.05, 0.1) is 11.1 Å². The molecule has 7 heteroatoms. The summed E-state index contributed by atoms with van der Waals surface area (Å²) in [4.78, 5) is 6.19. The number of hydrogen-bond acceptors (Lipinski definition) is 3. The molecule has 0 bridgehead atoms. The van der Waals surface area contributed by atoms with Crippen molar-refractivity contribution >= 4 is 28.3 Å². The van der Waals surface area contributed by atoms with Crippen LogP contribution in [-0.2, 0) is 6.18 Å². The molecule has 0 saturated heterocycles. The van der Waals surface area contributed by atoms with Crippen molar-refractivity contribution in [1.29, 1.82) is 0 Å². The number of hydrogen-bond donors (Lipinski definition) is 0. The molecule has 0 aliphatic heterocycles. The number of fused-ring (bicyclic) bond motifs is 1. The fraction of sp³-hybridized carbons (Fsp3) is 0.250. The molecular formula is C20H18ClF3N2O. The number of halogens is 4. The van der Waals surface area contributed by atoms with E-state index in [9.17, 15) is 13.2 Å². The van der Waals surface area contributed by atoms with Gasteiger partial charge in [0, 0.05) is 23.5 Å². The van der Waals surface area contributed by atoms with Crippen molar-refractivity contribution in [2.45, 2.75) is 20.0 Å². The Hall–Kier alpha value is -2.47. The van der Waals surface area contributed by atoms with Gasteiger partial charge in [-0.15, -0.1) is 0 Å². The van der Waals surface area contributed by atoms with Crippen molar-refractivity contribution in [3.63, 3.8) is 0 Å². The second-order valence-electron chi connectivity index (χ2n) is 5.93.